The van der Waals surface area contributed by atoms with E-state index in [4.69, 9.17) is 29.0 Å². The van der Waals surface area contributed by atoms with E-state index >= 15 is 0 Å². The Morgan fingerprint density at radius 3 is 2.74 bits per heavy atom. The summed E-state index contributed by atoms with van der Waals surface area (Å²) in [5.41, 5.74) is 5.19. The van der Waals surface area contributed by atoms with Crippen molar-refractivity contribution in [3.63, 3.8) is 0 Å². The summed E-state index contributed by atoms with van der Waals surface area (Å²) in [4.78, 5) is 11.9. The number of amides is 1. The summed E-state index contributed by atoms with van der Waals surface area (Å²) in [6.07, 6.45) is 0. The van der Waals surface area contributed by atoms with Crippen LogP contribution in [0.5, 0.6) is 0 Å². The maximum atomic E-state index is 11.9. The minimum atomic E-state index is -0.431. The van der Waals surface area contributed by atoms with Gasteiger partial charge in [0.15, 0.2) is 5.69 Å². The van der Waals surface area contributed by atoms with Crippen LogP contribution < -0.4 is 11.3 Å². The van der Waals surface area contributed by atoms with Crippen LogP contribution in [0.4, 0.5) is 0 Å². The van der Waals surface area contributed by atoms with Crippen LogP contribution in [-0.2, 0) is 6.54 Å². The number of nitrogens with one attached hydrogen (secondary N) is 1. The molecule has 0 saturated carbocycles. The van der Waals surface area contributed by atoms with Gasteiger partial charge in [0.1, 0.15) is 0 Å². The molecule has 0 aliphatic rings. The van der Waals surface area contributed by atoms with Gasteiger partial charge in [-0.25, -0.2) is 5.84 Å². The zero-order valence-corrected chi connectivity index (χ0v) is 13.8. The molecule has 1 amide bonds. The minimum Gasteiger partial charge on any atom is -0.289 e. The molecule has 0 unspecified atom stereocenters. The molecule has 3 N–H and O–H groups in total. The van der Waals surface area contributed by atoms with E-state index in [9.17, 15) is 4.79 Å². The van der Waals surface area contributed by atoms with Gasteiger partial charge in [-0.05, 0) is 36.2 Å². The highest BCUT2D eigenvalue weighted by molar-refractivity contribution is 6.35. The molecule has 23 heavy (non-hydrogen) atoms. The van der Waals surface area contributed by atoms with Crippen LogP contribution in [0.25, 0.3) is 10.9 Å². The first-order chi connectivity index (χ1) is 11.0. The molecule has 0 saturated heterocycles. The van der Waals surface area contributed by atoms with Crippen LogP contribution in [-0.4, -0.2) is 15.7 Å². The molecule has 3 rings (SSSR count). The number of benzene rings is 2. The molecule has 5 nitrogen and oxygen atoms in total. The van der Waals surface area contributed by atoms with Crippen LogP contribution in [0.1, 0.15) is 21.6 Å². The van der Waals surface area contributed by atoms with Gasteiger partial charge in [-0.3, -0.25) is 14.9 Å². The van der Waals surface area contributed by atoms with Gasteiger partial charge in [0.2, 0.25) is 0 Å². The van der Waals surface area contributed by atoms with Gasteiger partial charge in [-0.2, -0.15) is 5.10 Å². The monoisotopic (exact) mass is 348 g/mol. The highest BCUT2D eigenvalue weighted by Gasteiger charge is 2.17. The quantitative estimate of drug-likeness (QED) is 0.433. The second kappa shape index (κ2) is 6.20. The third-order valence-corrected chi connectivity index (χ3v) is 4.18. The summed E-state index contributed by atoms with van der Waals surface area (Å²) in [7, 11) is 0. The topological polar surface area (TPSA) is 72.9 Å². The minimum absolute atomic E-state index is 0.285. The SMILES string of the molecule is Cc1ccc2c(C(=O)NN)nn(Cc3ccc(Cl)cc3Cl)c2c1. The first-order valence-corrected chi connectivity index (χ1v) is 7.67. The number of halogens is 2. The van der Waals surface area contributed by atoms with Crippen molar-refractivity contribution in [3.8, 4) is 0 Å². The average Bonchev–Trinajstić information content (AvgIpc) is 2.87. The molecule has 0 atom stereocenters. The molecule has 0 spiro atoms. The Labute approximate surface area is 143 Å². The lowest BCUT2D eigenvalue weighted by Crippen LogP contribution is -2.30. The molecule has 1 aromatic heterocycles. The molecule has 7 heteroatoms. The summed E-state index contributed by atoms with van der Waals surface area (Å²) >= 11 is 12.2. The number of nitrogens with zero attached hydrogens (tertiary/aromatic N) is 2. The summed E-state index contributed by atoms with van der Waals surface area (Å²) in [6, 6.07) is 11.1. The third kappa shape index (κ3) is 3.03. The zero-order valence-electron chi connectivity index (χ0n) is 12.3. The van der Waals surface area contributed by atoms with Crippen molar-refractivity contribution < 1.29 is 4.79 Å². The highest BCUT2D eigenvalue weighted by Crippen LogP contribution is 2.25. The molecule has 118 valence electrons. The maximum Gasteiger partial charge on any atom is 0.286 e. The van der Waals surface area contributed by atoms with E-state index in [-0.39, 0.29) is 5.69 Å². The summed E-state index contributed by atoms with van der Waals surface area (Å²) in [5.74, 6) is 4.81. The fourth-order valence-corrected chi connectivity index (χ4v) is 2.92. The standard InChI is InChI=1S/C16H14Cl2N4O/c1-9-2-5-12-14(6-9)22(21-15(12)16(23)20-19)8-10-3-4-11(17)7-13(10)18/h2-7H,8,19H2,1H3,(H,20,23). The van der Waals surface area contributed by atoms with Crippen molar-refractivity contribution in [2.45, 2.75) is 13.5 Å². The van der Waals surface area contributed by atoms with Gasteiger partial charge < -0.3 is 0 Å². The van der Waals surface area contributed by atoms with Gasteiger partial charge in [0.25, 0.3) is 5.91 Å². The molecular formula is C16H14Cl2N4O. The highest BCUT2D eigenvalue weighted by atomic mass is 35.5. The Balaban J connectivity index is 2.13. The lowest BCUT2D eigenvalue weighted by molar-refractivity contribution is 0.0949. The van der Waals surface area contributed by atoms with Crippen molar-refractivity contribution in [2.75, 3.05) is 0 Å². The maximum absolute atomic E-state index is 11.9. The first-order valence-electron chi connectivity index (χ1n) is 6.91. The smallest absolute Gasteiger partial charge is 0.286 e. The Morgan fingerprint density at radius 1 is 1.26 bits per heavy atom. The molecule has 3 aromatic rings. The predicted molar refractivity (Wildman–Crippen MR) is 91.7 cm³/mol. The van der Waals surface area contributed by atoms with Crippen molar-refractivity contribution in [1.29, 1.82) is 0 Å². The lowest BCUT2D eigenvalue weighted by Gasteiger charge is -2.07. The van der Waals surface area contributed by atoms with Gasteiger partial charge in [-0.1, -0.05) is 41.4 Å². The van der Waals surface area contributed by atoms with Crippen LogP contribution >= 0.6 is 23.2 Å². The molecule has 2 aromatic carbocycles. The number of hydrogen-bond donors (Lipinski definition) is 2. The Morgan fingerprint density at radius 2 is 2.04 bits per heavy atom. The number of fused-ring (bicyclic) bond motifs is 1. The van der Waals surface area contributed by atoms with Crippen LogP contribution in [0.15, 0.2) is 36.4 Å². The lowest BCUT2D eigenvalue weighted by atomic mass is 10.1. The van der Waals surface area contributed by atoms with E-state index in [2.05, 4.69) is 10.5 Å². The average molecular weight is 349 g/mol. The number of nitrogens with two attached hydrogens (primary N) is 1. The zero-order chi connectivity index (χ0) is 16.6. The Hall–Kier alpha value is -2.08. The van der Waals surface area contributed by atoms with E-state index in [1.54, 1.807) is 16.8 Å². The molecule has 0 fully saturated rings. The predicted octanol–water partition coefficient (Wildman–Crippen LogP) is 3.30. The van der Waals surface area contributed by atoms with Crippen LogP contribution in [0, 0.1) is 6.92 Å². The molecule has 1 heterocycles. The number of hydrogen-bond acceptors (Lipinski definition) is 3. The molecule has 0 bridgehead atoms. The number of aryl methyl sites for hydroxylation is 1. The number of carbonyl (C=O) groups is 1. The number of hydrazine groups is 1. The summed E-state index contributed by atoms with van der Waals surface area (Å²) in [5, 5.41) is 6.26. The van der Waals surface area contributed by atoms with E-state index in [1.165, 1.54) is 0 Å². The molecule has 0 radical (unpaired) electrons. The second-order valence-electron chi connectivity index (χ2n) is 5.24. The first kappa shape index (κ1) is 15.8. The third-order valence-electron chi connectivity index (χ3n) is 3.59. The number of carbonyl (C=O) groups excluding carboxylic acids is 1. The van der Waals surface area contributed by atoms with Crippen LogP contribution in [0.3, 0.4) is 0 Å². The van der Waals surface area contributed by atoms with Crippen molar-refractivity contribution in [3.05, 3.63) is 63.3 Å². The molecular weight excluding hydrogens is 335 g/mol. The normalized spacial score (nSPS) is 11.0. The van der Waals surface area contributed by atoms with Gasteiger partial charge >= 0.3 is 0 Å². The second-order valence-corrected chi connectivity index (χ2v) is 6.08. The fraction of sp³-hybridized carbons (Fsp3) is 0.125. The van der Waals surface area contributed by atoms with Gasteiger partial charge in [-0.15, -0.1) is 0 Å². The van der Waals surface area contributed by atoms with Crippen LogP contribution in [0.2, 0.25) is 10.0 Å². The van der Waals surface area contributed by atoms with E-state index in [0.29, 0.717) is 16.6 Å². The molecule has 0 aliphatic heterocycles. The number of rotatable bonds is 3. The largest absolute Gasteiger partial charge is 0.289 e. The Kier molecular flexibility index (Phi) is 4.26. The summed E-state index contributed by atoms with van der Waals surface area (Å²) < 4.78 is 1.74. The molecule has 0 aliphatic carbocycles. The van der Waals surface area contributed by atoms with Gasteiger partial charge in [0, 0.05) is 15.4 Å². The Bertz CT molecular complexity index is 904. The van der Waals surface area contributed by atoms with E-state index in [0.717, 1.165) is 22.0 Å². The van der Waals surface area contributed by atoms with Gasteiger partial charge in [0.05, 0.1) is 12.1 Å². The number of aromatic nitrogens is 2. The van der Waals surface area contributed by atoms with Crippen molar-refractivity contribution in [2.24, 2.45) is 5.84 Å². The number of nitrogen functional groups attached to an aromatic ring is 1. The van der Waals surface area contributed by atoms with E-state index in [1.807, 2.05) is 31.2 Å². The fourth-order valence-electron chi connectivity index (χ4n) is 2.45. The van der Waals surface area contributed by atoms with Crippen molar-refractivity contribution in [1.82, 2.24) is 15.2 Å². The summed E-state index contributed by atoms with van der Waals surface area (Å²) in [6.45, 7) is 2.41. The van der Waals surface area contributed by atoms with E-state index < -0.39 is 5.91 Å². The van der Waals surface area contributed by atoms with Crippen molar-refractivity contribution >= 4 is 40.0 Å².